The van der Waals surface area contributed by atoms with Gasteiger partial charge in [0.05, 0.1) is 10.6 Å². The van der Waals surface area contributed by atoms with Crippen molar-refractivity contribution < 1.29 is 22.8 Å². The zero-order valence-electron chi connectivity index (χ0n) is 16.7. The SMILES string of the molecule is O=C(NCc1ccc(Cl)c(C(F)(F)F)c1)C1CCC[C@H]1C(=O)NCc1cc(Cl)cc(Cl)c1. The van der Waals surface area contributed by atoms with Crippen molar-refractivity contribution in [1.29, 1.82) is 0 Å². The fourth-order valence-electron chi connectivity index (χ4n) is 3.84. The first-order valence-corrected chi connectivity index (χ1v) is 11.0. The lowest BCUT2D eigenvalue weighted by Gasteiger charge is -2.19. The van der Waals surface area contributed by atoms with E-state index >= 15 is 0 Å². The lowest BCUT2D eigenvalue weighted by Crippen LogP contribution is -2.39. The minimum Gasteiger partial charge on any atom is -0.352 e. The third kappa shape index (κ3) is 6.30. The van der Waals surface area contributed by atoms with Gasteiger partial charge in [-0.05, 0) is 54.3 Å². The van der Waals surface area contributed by atoms with Crippen LogP contribution in [0.15, 0.2) is 36.4 Å². The molecule has 0 aromatic heterocycles. The summed E-state index contributed by atoms with van der Waals surface area (Å²) in [6, 6.07) is 8.45. The minimum atomic E-state index is -4.58. The van der Waals surface area contributed by atoms with Gasteiger partial charge in [0.2, 0.25) is 11.8 Å². The fraction of sp³-hybridized carbons (Fsp3) is 0.364. The van der Waals surface area contributed by atoms with Gasteiger partial charge in [0, 0.05) is 35.0 Å². The van der Waals surface area contributed by atoms with Crippen molar-refractivity contribution in [2.45, 2.75) is 38.5 Å². The van der Waals surface area contributed by atoms with E-state index in [2.05, 4.69) is 10.6 Å². The number of hydrogen-bond donors (Lipinski definition) is 2. The van der Waals surface area contributed by atoms with Crippen LogP contribution < -0.4 is 10.6 Å². The van der Waals surface area contributed by atoms with E-state index < -0.39 is 28.6 Å². The summed E-state index contributed by atoms with van der Waals surface area (Å²) < 4.78 is 39.1. The molecule has 0 saturated heterocycles. The molecule has 2 atom stereocenters. The number of nitrogens with one attached hydrogen (secondary N) is 2. The van der Waals surface area contributed by atoms with E-state index in [1.54, 1.807) is 18.2 Å². The van der Waals surface area contributed by atoms with Crippen molar-refractivity contribution >= 4 is 46.6 Å². The Hall–Kier alpha value is -1.96. The fourth-order valence-corrected chi connectivity index (χ4v) is 4.64. The highest BCUT2D eigenvalue weighted by atomic mass is 35.5. The largest absolute Gasteiger partial charge is 0.417 e. The Labute approximate surface area is 198 Å². The molecule has 1 saturated carbocycles. The van der Waals surface area contributed by atoms with Crippen LogP contribution in [0.5, 0.6) is 0 Å². The lowest BCUT2D eigenvalue weighted by atomic mass is 9.94. The summed E-state index contributed by atoms with van der Waals surface area (Å²) in [7, 11) is 0. The molecular formula is C22H20Cl3F3N2O2. The molecule has 172 valence electrons. The zero-order chi connectivity index (χ0) is 23.5. The molecule has 32 heavy (non-hydrogen) atoms. The van der Waals surface area contributed by atoms with Crippen LogP contribution in [0.4, 0.5) is 13.2 Å². The Morgan fingerprint density at radius 2 is 1.38 bits per heavy atom. The van der Waals surface area contributed by atoms with Crippen molar-refractivity contribution in [2.75, 3.05) is 0 Å². The summed E-state index contributed by atoms with van der Waals surface area (Å²) in [4.78, 5) is 25.3. The van der Waals surface area contributed by atoms with Crippen LogP contribution in [-0.2, 0) is 28.9 Å². The molecule has 0 spiro atoms. The monoisotopic (exact) mass is 506 g/mol. The Bertz CT molecular complexity index is 994. The van der Waals surface area contributed by atoms with Crippen LogP contribution in [0.2, 0.25) is 15.1 Å². The van der Waals surface area contributed by atoms with E-state index in [0.717, 1.165) is 17.7 Å². The smallest absolute Gasteiger partial charge is 0.352 e. The van der Waals surface area contributed by atoms with Crippen molar-refractivity contribution in [3.8, 4) is 0 Å². The maximum Gasteiger partial charge on any atom is 0.417 e. The molecule has 10 heteroatoms. The second kappa shape index (κ2) is 10.3. The van der Waals surface area contributed by atoms with Gasteiger partial charge < -0.3 is 10.6 Å². The van der Waals surface area contributed by atoms with Crippen LogP contribution in [0, 0.1) is 11.8 Å². The topological polar surface area (TPSA) is 58.2 Å². The summed E-state index contributed by atoms with van der Waals surface area (Å²) in [6.07, 6.45) is -2.79. The number of hydrogen-bond acceptors (Lipinski definition) is 2. The highest BCUT2D eigenvalue weighted by Gasteiger charge is 2.37. The van der Waals surface area contributed by atoms with Gasteiger partial charge in [-0.2, -0.15) is 13.2 Å². The van der Waals surface area contributed by atoms with Crippen LogP contribution in [0.3, 0.4) is 0 Å². The van der Waals surface area contributed by atoms with Crippen molar-refractivity contribution in [2.24, 2.45) is 11.8 Å². The van der Waals surface area contributed by atoms with Gasteiger partial charge in [0.15, 0.2) is 0 Å². The predicted molar refractivity (Wildman–Crippen MR) is 117 cm³/mol. The Morgan fingerprint density at radius 3 is 1.91 bits per heavy atom. The van der Waals surface area contributed by atoms with E-state index in [1.165, 1.54) is 6.07 Å². The number of benzene rings is 2. The summed E-state index contributed by atoms with van der Waals surface area (Å²) in [5.74, 6) is -1.69. The number of carbonyl (C=O) groups excluding carboxylic acids is 2. The molecule has 0 radical (unpaired) electrons. The highest BCUT2D eigenvalue weighted by Crippen LogP contribution is 2.35. The normalized spacial score (nSPS) is 18.4. The average Bonchev–Trinajstić information content (AvgIpc) is 3.20. The van der Waals surface area contributed by atoms with Gasteiger partial charge in [0.1, 0.15) is 0 Å². The maximum atomic E-state index is 13.0. The first kappa shape index (κ1) is 24.7. The molecule has 3 rings (SSSR count). The van der Waals surface area contributed by atoms with E-state index in [9.17, 15) is 22.8 Å². The molecule has 0 heterocycles. The Morgan fingerprint density at radius 1 is 0.844 bits per heavy atom. The summed E-state index contributed by atoms with van der Waals surface area (Å²) in [5, 5.41) is 5.96. The molecule has 1 aliphatic rings. The van der Waals surface area contributed by atoms with E-state index in [4.69, 9.17) is 34.8 Å². The maximum absolute atomic E-state index is 13.0. The number of alkyl halides is 3. The van der Waals surface area contributed by atoms with Crippen LogP contribution in [0.25, 0.3) is 0 Å². The second-order valence-electron chi connectivity index (χ2n) is 7.67. The van der Waals surface area contributed by atoms with Gasteiger partial charge in [-0.3, -0.25) is 9.59 Å². The van der Waals surface area contributed by atoms with E-state index in [0.29, 0.717) is 29.3 Å². The van der Waals surface area contributed by atoms with Crippen LogP contribution in [0.1, 0.15) is 36.0 Å². The van der Waals surface area contributed by atoms with Gasteiger partial charge in [-0.1, -0.05) is 47.3 Å². The molecular weight excluding hydrogens is 488 g/mol. The van der Waals surface area contributed by atoms with E-state index in [-0.39, 0.29) is 30.5 Å². The summed E-state index contributed by atoms with van der Waals surface area (Å²) in [6.45, 7) is 0.125. The zero-order valence-corrected chi connectivity index (χ0v) is 19.0. The third-order valence-corrected chi connectivity index (χ3v) is 6.15. The number of halogens is 6. The standard InChI is InChI=1S/C22H20Cl3F3N2O2/c23-14-6-13(7-15(24)9-14)11-30-21(32)17-3-1-2-16(17)20(31)29-10-12-4-5-19(25)18(8-12)22(26,27)28/h4-9,16-17H,1-3,10-11H2,(H,29,31)(H,30,32)/t16?,17-/m1/s1. The molecule has 2 aromatic carbocycles. The summed E-state index contributed by atoms with van der Waals surface area (Å²) >= 11 is 17.6. The minimum absolute atomic E-state index is 0.0923. The molecule has 2 aromatic rings. The second-order valence-corrected chi connectivity index (χ2v) is 8.95. The highest BCUT2D eigenvalue weighted by molar-refractivity contribution is 6.34. The average molecular weight is 508 g/mol. The Kier molecular flexibility index (Phi) is 7.96. The molecule has 0 bridgehead atoms. The quantitative estimate of drug-likeness (QED) is 0.503. The molecule has 2 N–H and O–H groups in total. The van der Waals surface area contributed by atoms with Gasteiger partial charge in [-0.25, -0.2) is 0 Å². The Balaban J connectivity index is 1.58. The molecule has 4 nitrogen and oxygen atoms in total. The van der Waals surface area contributed by atoms with Crippen LogP contribution in [-0.4, -0.2) is 11.8 Å². The van der Waals surface area contributed by atoms with Gasteiger partial charge in [0.25, 0.3) is 0 Å². The number of carbonyl (C=O) groups is 2. The molecule has 0 aliphatic heterocycles. The molecule has 1 unspecified atom stereocenters. The first-order chi connectivity index (χ1) is 15.0. The molecule has 1 aliphatic carbocycles. The predicted octanol–water partition coefficient (Wildman–Crippen LogP) is 6.01. The van der Waals surface area contributed by atoms with Crippen molar-refractivity contribution in [1.82, 2.24) is 10.6 Å². The summed E-state index contributed by atoms with van der Waals surface area (Å²) in [5.41, 5.74) is 0.0510. The van der Waals surface area contributed by atoms with Crippen molar-refractivity contribution in [3.63, 3.8) is 0 Å². The lowest BCUT2D eigenvalue weighted by molar-refractivity contribution is -0.137. The van der Waals surface area contributed by atoms with Crippen molar-refractivity contribution in [3.05, 3.63) is 68.2 Å². The van der Waals surface area contributed by atoms with Gasteiger partial charge in [-0.15, -0.1) is 0 Å². The van der Waals surface area contributed by atoms with Crippen LogP contribution >= 0.6 is 34.8 Å². The van der Waals surface area contributed by atoms with E-state index in [1.807, 2.05) is 0 Å². The first-order valence-electron chi connectivity index (χ1n) is 9.90. The molecule has 2 amide bonds. The number of rotatable bonds is 6. The third-order valence-electron chi connectivity index (χ3n) is 5.38. The molecule has 1 fully saturated rings. The number of amides is 2. The van der Waals surface area contributed by atoms with Gasteiger partial charge >= 0.3 is 6.18 Å².